The van der Waals surface area contributed by atoms with E-state index in [2.05, 4.69) is 10.6 Å². The van der Waals surface area contributed by atoms with Gasteiger partial charge in [0.1, 0.15) is 23.9 Å². The molecule has 2 heterocycles. The molecule has 7 nitrogen and oxygen atoms in total. The summed E-state index contributed by atoms with van der Waals surface area (Å²) >= 11 is 1.61. The van der Waals surface area contributed by atoms with E-state index in [-0.39, 0.29) is 24.6 Å². The molecule has 1 unspecified atom stereocenters. The lowest BCUT2D eigenvalue weighted by Crippen LogP contribution is -2.60. The second-order valence-corrected chi connectivity index (χ2v) is 9.47. The summed E-state index contributed by atoms with van der Waals surface area (Å²) in [4.78, 5) is 39.8. The highest BCUT2D eigenvalue weighted by molar-refractivity contribution is 7.13. The lowest BCUT2D eigenvalue weighted by molar-refractivity contribution is -0.130. The van der Waals surface area contributed by atoms with E-state index in [1.807, 2.05) is 29.6 Å². The minimum absolute atomic E-state index is 0.0659. The van der Waals surface area contributed by atoms with Gasteiger partial charge in [-0.05, 0) is 60.7 Å². The van der Waals surface area contributed by atoms with Crippen molar-refractivity contribution in [2.75, 3.05) is 6.61 Å². The Labute approximate surface area is 201 Å². The quantitative estimate of drug-likeness (QED) is 0.483. The first kappa shape index (κ1) is 23.7. The van der Waals surface area contributed by atoms with Crippen molar-refractivity contribution in [3.05, 3.63) is 77.2 Å². The first-order valence-electron chi connectivity index (χ1n) is 11.0. The fraction of sp³-hybridized carbons (Fsp3) is 0.269. The van der Waals surface area contributed by atoms with Crippen LogP contribution in [0.25, 0.3) is 10.4 Å². The summed E-state index contributed by atoms with van der Waals surface area (Å²) in [7, 11) is 0. The third kappa shape index (κ3) is 5.03. The Morgan fingerprint density at radius 3 is 2.44 bits per heavy atom. The summed E-state index contributed by atoms with van der Waals surface area (Å²) in [6.45, 7) is 3.30. The zero-order valence-electron chi connectivity index (χ0n) is 18.9. The molecule has 0 aliphatic carbocycles. The summed E-state index contributed by atoms with van der Waals surface area (Å²) in [5, 5.41) is 17.2. The highest BCUT2D eigenvalue weighted by Crippen LogP contribution is 2.25. The molecule has 1 aromatic heterocycles. The number of carbonyl (C=O) groups excluding carboxylic acids is 3. The monoisotopic (exact) mass is 478 g/mol. The number of amides is 2. The van der Waals surface area contributed by atoms with Crippen LogP contribution >= 0.6 is 11.3 Å². The van der Waals surface area contributed by atoms with E-state index in [0.717, 1.165) is 16.0 Å². The number of phenols is 1. The smallest absolute Gasteiger partial charge is 0.251 e. The van der Waals surface area contributed by atoms with Gasteiger partial charge in [-0.25, -0.2) is 0 Å². The summed E-state index contributed by atoms with van der Waals surface area (Å²) in [6, 6.07) is 16.6. The summed E-state index contributed by atoms with van der Waals surface area (Å²) in [6.07, 6.45) is -0.302. The molecule has 3 N–H and O–H groups in total. The molecule has 3 atom stereocenters. The van der Waals surface area contributed by atoms with Gasteiger partial charge in [-0.15, -0.1) is 11.3 Å². The minimum Gasteiger partial charge on any atom is -0.508 e. The number of ether oxygens (including phenoxy) is 1. The van der Waals surface area contributed by atoms with Crippen LogP contribution in [0, 0.1) is 0 Å². The molecule has 1 saturated heterocycles. The van der Waals surface area contributed by atoms with Gasteiger partial charge in [0.2, 0.25) is 5.91 Å². The summed E-state index contributed by atoms with van der Waals surface area (Å²) in [5.41, 5.74) is 1.01. The average Bonchev–Trinajstić information content (AvgIpc) is 3.45. The predicted octanol–water partition coefficient (Wildman–Crippen LogP) is 3.32. The van der Waals surface area contributed by atoms with Crippen LogP contribution in [0.15, 0.2) is 66.0 Å². The molecule has 1 fully saturated rings. The van der Waals surface area contributed by atoms with Crippen LogP contribution in [0.1, 0.15) is 29.8 Å². The van der Waals surface area contributed by atoms with Gasteiger partial charge < -0.3 is 20.5 Å². The van der Waals surface area contributed by atoms with Gasteiger partial charge in [-0.2, -0.15) is 0 Å². The zero-order valence-corrected chi connectivity index (χ0v) is 19.7. The fourth-order valence-corrected chi connectivity index (χ4v) is 4.54. The number of benzene rings is 2. The molecule has 0 spiro atoms. The maximum atomic E-state index is 13.3. The third-order valence-corrected chi connectivity index (χ3v) is 7.11. The lowest BCUT2D eigenvalue weighted by Gasteiger charge is -2.30. The Kier molecular flexibility index (Phi) is 6.81. The molecule has 1 aliphatic rings. The van der Waals surface area contributed by atoms with Crippen molar-refractivity contribution < 1.29 is 24.2 Å². The number of hydrogen-bond acceptors (Lipinski definition) is 6. The molecule has 0 bridgehead atoms. The molecule has 0 saturated carbocycles. The molecule has 34 heavy (non-hydrogen) atoms. The first-order chi connectivity index (χ1) is 16.3. The number of ketones is 1. The largest absolute Gasteiger partial charge is 0.508 e. The van der Waals surface area contributed by atoms with Crippen LogP contribution in [-0.4, -0.2) is 47.0 Å². The molecule has 3 aromatic rings. The van der Waals surface area contributed by atoms with Gasteiger partial charge in [0.15, 0.2) is 5.78 Å². The maximum absolute atomic E-state index is 13.3. The van der Waals surface area contributed by atoms with Gasteiger partial charge in [0.25, 0.3) is 5.91 Å². The Balaban J connectivity index is 1.53. The van der Waals surface area contributed by atoms with Crippen LogP contribution in [0.3, 0.4) is 0 Å². The maximum Gasteiger partial charge on any atom is 0.251 e. The van der Waals surface area contributed by atoms with Crippen LogP contribution in [0.4, 0.5) is 0 Å². The van der Waals surface area contributed by atoms with E-state index in [0.29, 0.717) is 5.56 Å². The lowest BCUT2D eigenvalue weighted by atomic mass is 9.92. The van der Waals surface area contributed by atoms with E-state index in [4.69, 9.17) is 4.74 Å². The third-order valence-electron chi connectivity index (χ3n) is 6.19. The zero-order chi connectivity index (χ0) is 24.3. The van der Waals surface area contributed by atoms with Crippen LogP contribution in [-0.2, 0) is 20.7 Å². The van der Waals surface area contributed by atoms with Crippen molar-refractivity contribution in [1.29, 1.82) is 0 Å². The van der Waals surface area contributed by atoms with Gasteiger partial charge in [-0.1, -0.05) is 30.3 Å². The average molecular weight is 479 g/mol. The number of thiophene rings is 1. The highest BCUT2D eigenvalue weighted by Gasteiger charge is 2.47. The molecule has 1 aliphatic heterocycles. The Morgan fingerprint density at radius 1 is 1.15 bits per heavy atom. The minimum atomic E-state index is -1.17. The second-order valence-electron chi connectivity index (χ2n) is 8.52. The summed E-state index contributed by atoms with van der Waals surface area (Å²) < 4.78 is 5.41. The number of Topliss-reactive ketones (excluding diaryl/α,β-unsaturated/α-hetero) is 1. The normalized spacial score (nSPS) is 20.6. The van der Waals surface area contributed by atoms with Crippen molar-refractivity contribution in [2.45, 2.75) is 38.0 Å². The molecular formula is C26H26N2O5S. The highest BCUT2D eigenvalue weighted by atomic mass is 32.1. The number of nitrogens with one attached hydrogen (secondary N) is 2. The Morgan fingerprint density at radius 2 is 1.85 bits per heavy atom. The standard InChI is InChI=1S/C26H26N2O5S/c1-16-26(2,23(30)15-33-16)28-25(32)21(14-17-5-11-20(29)12-6-17)27-24(31)19-9-7-18(8-10-19)22-4-3-13-34-22/h3-13,16,21,29H,14-15H2,1-2H3,(H,27,31)(H,28,32)/t16-,21?,26-/m1/s1. The van der Waals surface area contributed by atoms with Crippen LogP contribution in [0.5, 0.6) is 5.75 Å². The van der Waals surface area contributed by atoms with Crippen LogP contribution < -0.4 is 10.6 Å². The SMILES string of the molecule is C[C@H]1OCC(=O)[C@]1(C)NC(=O)C(Cc1ccc(O)cc1)NC(=O)c1ccc(-c2cccs2)cc1. The molecule has 0 radical (unpaired) electrons. The van der Waals surface area contributed by atoms with E-state index < -0.39 is 29.5 Å². The number of phenolic OH excluding ortho intramolecular Hbond substituents is 1. The van der Waals surface area contributed by atoms with Crippen LogP contribution in [0.2, 0.25) is 0 Å². The molecule has 2 amide bonds. The Bertz CT molecular complexity index is 1170. The molecule has 8 heteroatoms. The molecule has 176 valence electrons. The van der Waals surface area contributed by atoms with E-state index in [9.17, 15) is 19.5 Å². The number of hydrogen-bond donors (Lipinski definition) is 3. The Hall–Kier alpha value is -3.49. The van der Waals surface area contributed by atoms with Gasteiger partial charge >= 0.3 is 0 Å². The van der Waals surface area contributed by atoms with Gasteiger partial charge in [0.05, 0.1) is 6.10 Å². The van der Waals surface area contributed by atoms with E-state index >= 15 is 0 Å². The first-order valence-corrected chi connectivity index (χ1v) is 11.8. The molecule has 2 aromatic carbocycles. The van der Waals surface area contributed by atoms with Gasteiger partial charge in [-0.3, -0.25) is 14.4 Å². The van der Waals surface area contributed by atoms with E-state index in [1.165, 1.54) is 12.1 Å². The predicted molar refractivity (Wildman–Crippen MR) is 130 cm³/mol. The van der Waals surface area contributed by atoms with E-state index in [1.54, 1.807) is 49.4 Å². The van der Waals surface area contributed by atoms with Crippen molar-refractivity contribution in [3.8, 4) is 16.2 Å². The second kappa shape index (κ2) is 9.79. The van der Waals surface area contributed by atoms with Crippen molar-refractivity contribution in [1.82, 2.24) is 10.6 Å². The number of aromatic hydroxyl groups is 1. The topological polar surface area (TPSA) is 105 Å². The summed E-state index contributed by atoms with van der Waals surface area (Å²) in [5.74, 6) is -0.990. The van der Waals surface area contributed by atoms with Gasteiger partial charge in [0, 0.05) is 16.9 Å². The molecular weight excluding hydrogens is 452 g/mol. The number of carbonyl (C=O) groups is 3. The van der Waals surface area contributed by atoms with Crippen molar-refractivity contribution >= 4 is 28.9 Å². The number of rotatable bonds is 7. The fourth-order valence-electron chi connectivity index (χ4n) is 3.81. The van der Waals surface area contributed by atoms with Crippen molar-refractivity contribution in [2.24, 2.45) is 0 Å². The van der Waals surface area contributed by atoms with Crippen molar-refractivity contribution in [3.63, 3.8) is 0 Å². The molecule has 4 rings (SSSR count).